The molecular weight excluding hydrogens is 309 g/mol. The third-order valence-electron chi connectivity index (χ3n) is 2.92. The summed E-state index contributed by atoms with van der Waals surface area (Å²) in [5, 5.41) is 4.60. The molecular formula is C16H17Cl2NO2. The molecule has 2 aromatic rings. The summed E-state index contributed by atoms with van der Waals surface area (Å²) in [6.07, 6.45) is 0. The van der Waals surface area contributed by atoms with Gasteiger partial charge in [0, 0.05) is 41.0 Å². The second-order valence-corrected chi connectivity index (χ2v) is 5.24. The van der Waals surface area contributed by atoms with Gasteiger partial charge in [-0.15, -0.1) is 0 Å². The molecule has 0 atom stereocenters. The van der Waals surface area contributed by atoms with Crippen LogP contribution in [-0.2, 0) is 11.3 Å². The third-order valence-corrected chi connectivity index (χ3v) is 3.63. The summed E-state index contributed by atoms with van der Waals surface area (Å²) < 4.78 is 10.5. The Balaban J connectivity index is 1.98. The van der Waals surface area contributed by atoms with Crippen LogP contribution in [0.2, 0.25) is 10.0 Å². The number of hydrogen-bond donors (Lipinski definition) is 1. The molecule has 5 heteroatoms. The van der Waals surface area contributed by atoms with Crippen LogP contribution < -0.4 is 10.1 Å². The normalized spacial score (nSPS) is 10.4. The highest BCUT2D eigenvalue weighted by molar-refractivity contribution is 6.36. The minimum atomic E-state index is 0.524. The second kappa shape index (κ2) is 8.13. The number of nitrogens with one attached hydrogen (secondary N) is 1. The molecule has 0 fully saturated rings. The molecule has 0 saturated heterocycles. The first-order valence-corrected chi connectivity index (χ1v) is 7.35. The average Bonchev–Trinajstić information content (AvgIpc) is 2.47. The van der Waals surface area contributed by atoms with Gasteiger partial charge in [-0.1, -0.05) is 35.3 Å². The highest BCUT2D eigenvalue weighted by Gasteiger charge is 2.05. The predicted molar refractivity (Wildman–Crippen MR) is 87.6 cm³/mol. The number of anilines is 1. The summed E-state index contributed by atoms with van der Waals surface area (Å²) >= 11 is 12.3. The van der Waals surface area contributed by atoms with Gasteiger partial charge in [-0.25, -0.2) is 0 Å². The summed E-state index contributed by atoms with van der Waals surface area (Å²) in [5.41, 5.74) is 1.83. The molecule has 0 spiro atoms. The Hall–Kier alpha value is -1.42. The smallest absolute Gasteiger partial charge is 0.121 e. The molecule has 0 aromatic heterocycles. The standard InChI is InChI=1S/C16H17Cl2NO2/c1-20-8-9-21-13-5-2-4-12(10-13)19-11-14-15(17)6-3-7-16(14)18/h2-7,10,19H,8-9,11H2,1H3. The molecule has 0 aliphatic heterocycles. The lowest BCUT2D eigenvalue weighted by Crippen LogP contribution is -2.05. The Labute approximate surface area is 134 Å². The highest BCUT2D eigenvalue weighted by atomic mass is 35.5. The first-order chi connectivity index (χ1) is 10.2. The summed E-state index contributed by atoms with van der Waals surface area (Å²) in [4.78, 5) is 0. The van der Waals surface area contributed by atoms with Crippen LogP contribution in [0, 0.1) is 0 Å². The number of hydrogen-bond acceptors (Lipinski definition) is 3. The lowest BCUT2D eigenvalue weighted by atomic mass is 10.2. The van der Waals surface area contributed by atoms with E-state index in [1.807, 2.05) is 42.5 Å². The van der Waals surface area contributed by atoms with Gasteiger partial charge in [0.2, 0.25) is 0 Å². The third kappa shape index (κ3) is 4.81. The zero-order valence-electron chi connectivity index (χ0n) is 11.7. The molecule has 0 radical (unpaired) electrons. The van der Waals surface area contributed by atoms with Crippen molar-refractivity contribution in [2.24, 2.45) is 0 Å². The molecule has 112 valence electrons. The molecule has 2 rings (SSSR count). The van der Waals surface area contributed by atoms with Crippen molar-refractivity contribution in [1.82, 2.24) is 0 Å². The fourth-order valence-electron chi connectivity index (χ4n) is 1.83. The summed E-state index contributed by atoms with van der Waals surface area (Å²) in [7, 11) is 1.65. The molecule has 3 nitrogen and oxygen atoms in total. The van der Waals surface area contributed by atoms with Gasteiger partial charge in [-0.2, -0.15) is 0 Å². The van der Waals surface area contributed by atoms with E-state index in [4.69, 9.17) is 32.7 Å². The van der Waals surface area contributed by atoms with Crippen molar-refractivity contribution in [1.29, 1.82) is 0 Å². The van der Waals surface area contributed by atoms with Gasteiger partial charge in [0.15, 0.2) is 0 Å². The number of benzene rings is 2. The predicted octanol–water partition coefficient (Wildman–Crippen LogP) is 4.63. The minimum absolute atomic E-state index is 0.524. The molecule has 0 amide bonds. The van der Waals surface area contributed by atoms with Crippen LogP contribution in [0.4, 0.5) is 5.69 Å². The average molecular weight is 326 g/mol. The monoisotopic (exact) mass is 325 g/mol. The number of methoxy groups -OCH3 is 1. The van der Waals surface area contributed by atoms with Gasteiger partial charge < -0.3 is 14.8 Å². The van der Waals surface area contributed by atoms with Crippen molar-refractivity contribution in [2.45, 2.75) is 6.54 Å². The molecule has 21 heavy (non-hydrogen) atoms. The fourth-order valence-corrected chi connectivity index (χ4v) is 2.36. The maximum absolute atomic E-state index is 6.15. The Morgan fingerprint density at radius 3 is 2.43 bits per heavy atom. The highest BCUT2D eigenvalue weighted by Crippen LogP contribution is 2.26. The van der Waals surface area contributed by atoms with Gasteiger partial charge in [0.05, 0.1) is 6.61 Å². The van der Waals surface area contributed by atoms with E-state index in [0.717, 1.165) is 17.0 Å². The van der Waals surface area contributed by atoms with Gasteiger partial charge in [-0.3, -0.25) is 0 Å². The topological polar surface area (TPSA) is 30.5 Å². The van der Waals surface area contributed by atoms with Crippen LogP contribution in [0.25, 0.3) is 0 Å². The molecule has 0 unspecified atom stereocenters. The van der Waals surface area contributed by atoms with Crippen LogP contribution in [0.15, 0.2) is 42.5 Å². The van der Waals surface area contributed by atoms with Crippen molar-refractivity contribution in [3.8, 4) is 5.75 Å². The van der Waals surface area contributed by atoms with Crippen molar-refractivity contribution >= 4 is 28.9 Å². The fraction of sp³-hybridized carbons (Fsp3) is 0.250. The van der Waals surface area contributed by atoms with E-state index in [2.05, 4.69) is 5.32 Å². The van der Waals surface area contributed by atoms with Crippen LogP contribution in [0.1, 0.15) is 5.56 Å². The summed E-state index contributed by atoms with van der Waals surface area (Å²) in [6.45, 7) is 1.64. The van der Waals surface area contributed by atoms with Crippen molar-refractivity contribution < 1.29 is 9.47 Å². The van der Waals surface area contributed by atoms with Crippen molar-refractivity contribution in [3.63, 3.8) is 0 Å². The van der Waals surface area contributed by atoms with Gasteiger partial charge in [-0.05, 0) is 24.3 Å². The largest absolute Gasteiger partial charge is 0.491 e. The van der Waals surface area contributed by atoms with E-state index >= 15 is 0 Å². The van der Waals surface area contributed by atoms with Gasteiger partial charge in [0.1, 0.15) is 12.4 Å². The molecule has 0 aliphatic carbocycles. The summed E-state index contributed by atoms with van der Waals surface area (Å²) in [6, 6.07) is 13.2. The van der Waals surface area contributed by atoms with Crippen LogP contribution >= 0.6 is 23.2 Å². The first kappa shape index (κ1) is 16.0. The maximum Gasteiger partial charge on any atom is 0.121 e. The Morgan fingerprint density at radius 2 is 1.71 bits per heavy atom. The minimum Gasteiger partial charge on any atom is -0.491 e. The number of rotatable bonds is 7. The Kier molecular flexibility index (Phi) is 6.18. The zero-order chi connectivity index (χ0) is 15.1. The molecule has 0 aliphatic rings. The van der Waals surface area contributed by atoms with E-state index in [1.165, 1.54) is 0 Å². The molecule has 2 aromatic carbocycles. The molecule has 0 bridgehead atoms. The molecule has 0 saturated carbocycles. The van der Waals surface area contributed by atoms with Crippen molar-refractivity contribution in [2.75, 3.05) is 25.6 Å². The van der Waals surface area contributed by atoms with E-state index < -0.39 is 0 Å². The lowest BCUT2D eigenvalue weighted by Gasteiger charge is -2.11. The van der Waals surface area contributed by atoms with Gasteiger partial charge >= 0.3 is 0 Å². The zero-order valence-corrected chi connectivity index (χ0v) is 13.2. The number of ether oxygens (including phenoxy) is 2. The Bertz CT molecular complexity index is 570. The second-order valence-electron chi connectivity index (χ2n) is 4.42. The van der Waals surface area contributed by atoms with Crippen LogP contribution in [-0.4, -0.2) is 20.3 Å². The Morgan fingerprint density at radius 1 is 1.00 bits per heavy atom. The van der Waals surface area contributed by atoms with Crippen molar-refractivity contribution in [3.05, 3.63) is 58.1 Å². The van der Waals surface area contributed by atoms with Crippen LogP contribution in [0.3, 0.4) is 0 Å². The van der Waals surface area contributed by atoms with E-state index in [-0.39, 0.29) is 0 Å². The van der Waals surface area contributed by atoms with E-state index in [9.17, 15) is 0 Å². The van der Waals surface area contributed by atoms with Gasteiger partial charge in [0.25, 0.3) is 0 Å². The molecule has 0 heterocycles. The van der Waals surface area contributed by atoms with Crippen LogP contribution in [0.5, 0.6) is 5.75 Å². The summed E-state index contributed by atoms with van der Waals surface area (Å²) in [5.74, 6) is 0.794. The SMILES string of the molecule is COCCOc1cccc(NCc2c(Cl)cccc2Cl)c1. The lowest BCUT2D eigenvalue weighted by molar-refractivity contribution is 0.146. The van der Waals surface area contributed by atoms with E-state index in [0.29, 0.717) is 29.8 Å². The molecule has 1 N–H and O–H groups in total. The van der Waals surface area contributed by atoms with E-state index in [1.54, 1.807) is 7.11 Å². The first-order valence-electron chi connectivity index (χ1n) is 6.59. The quantitative estimate of drug-likeness (QED) is 0.753. The maximum atomic E-state index is 6.15. The number of halogens is 2.